The third kappa shape index (κ3) is 3.81. The average Bonchev–Trinajstić information content (AvgIpc) is 2.57. The fourth-order valence-electron chi connectivity index (χ4n) is 1.91. The normalized spacial score (nSPS) is 10.6. The van der Waals surface area contributed by atoms with Gasteiger partial charge in [0.05, 0.1) is 16.9 Å². The number of nitrogens with one attached hydrogen (secondary N) is 2. The molecule has 2 rings (SSSR count). The van der Waals surface area contributed by atoms with Crippen molar-refractivity contribution >= 4 is 39.1 Å². The number of nitriles is 1. The molecule has 0 saturated heterocycles. The van der Waals surface area contributed by atoms with E-state index in [2.05, 4.69) is 26.6 Å². The van der Waals surface area contributed by atoms with Crippen molar-refractivity contribution in [2.75, 3.05) is 10.6 Å². The Bertz CT molecular complexity index is 825. The Morgan fingerprint density at radius 3 is 2.04 bits per heavy atom. The maximum Gasteiger partial charge on any atom is 0.239 e. The zero-order chi connectivity index (χ0) is 17.7. The lowest BCUT2D eigenvalue weighted by Crippen LogP contribution is -2.41. The van der Waals surface area contributed by atoms with Crippen molar-refractivity contribution in [2.24, 2.45) is 5.41 Å². The summed E-state index contributed by atoms with van der Waals surface area (Å²) < 4.78 is 0.726. The molecule has 0 aliphatic carbocycles. The summed E-state index contributed by atoms with van der Waals surface area (Å²) in [7, 11) is 0. The lowest BCUT2D eigenvalue weighted by atomic mass is 9.90. The van der Waals surface area contributed by atoms with Gasteiger partial charge in [-0.3, -0.25) is 9.59 Å². The van der Waals surface area contributed by atoms with Crippen LogP contribution in [0.5, 0.6) is 0 Å². The van der Waals surface area contributed by atoms with Crippen LogP contribution in [0.3, 0.4) is 0 Å². The van der Waals surface area contributed by atoms with Crippen molar-refractivity contribution < 1.29 is 9.59 Å². The van der Waals surface area contributed by atoms with Gasteiger partial charge in [-0.25, -0.2) is 0 Å². The van der Waals surface area contributed by atoms with E-state index < -0.39 is 17.2 Å². The zero-order valence-corrected chi connectivity index (χ0v) is 14.8. The van der Waals surface area contributed by atoms with Crippen molar-refractivity contribution in [2.45, 2.75) is 13.8 Å². The van der Waals surface area contributed by atoms with Gasteiger partial charge in [0, 0.05) is 4.47 Å². The van der Waals surface area contributed by atoms with Gasteiger partial charge in [-0.1, -0.05) is 24.3 Å². The number of carbonyl (C=O) groups is 2. The van der Waals surface area contributed by atoms with Crippen LogP contribution in [0.4, 0.5) is 11.4 Å². The van der Waals surface area contributed by atoms with Gasteiger partial charge in [0.2, 0.25) is 11.8 Å². The quantitative estimate of drug-likeness (QED) is 0.782. The van der Waals surface area contributed by atoms with E-state index in [9.17, 15) is 9.59 Å². The van der Waals surface area contributed by atoms with Crippen LogP contribution in [0.1, 0.15) is 19.4 Å². The minimum Gasteiger partial charge on any atom is -0.324 e. The molecule has 5 nitrogen and oxygen atoms in total. The maximum absolute atomic E-state index is 12.5. The van der Waals surface area contributed by atoms with Gasteiger partial charge in [-0.15, -0.1) is 0 Å². The molecule has 0 saturated carbocycles. The Labute approximate surface area is 148 Å². The number of hydrogen-bond acceptors (Lipinski definition) is 3. The third-order valence-electron chi connectivity index (χ3n) is 3.55. The zero-order valence-electron chi connectivity index (χ0n) is 13.3. The molecule has 24 heavy (non-hydrogen) atoms. The predicted molar refractivity (Wildman–Crippen MR) is 96.3 cm³/mol. The van der Waals surface area contributed by atoms with E-state index in [0.717, 1.165) is 4.47 Å². The highest BCUT2D eigenvalue weighted by molar-refractivity contribution is 9.10. The molecular formula is C18H16BrN3O2. The van der Waals surface area contributed by atoms with Crippen molar-refractivity contribution in [3.05, 3.63) is 58.6 Å². The highest BCUT2D eigenvalue weighted by Crippen LogP contribution is 2.26. The fraction of sp³-hybridized carbons (Fsp3) is 0.167. The topological polar surface area (TPSA) is 82.0 Å². The number of benzene rings is 2. The lowest BCUT2D eigenvalue weighted by molar-refractivity contribution is -0.135. The van der Waals surface area contributed by atoms with Crippen molar-refractivity contribution in [1.82, 2.24) is 0 Å². The van der Waals surface area contributed by atoms with Gasteiger partial charge in [0.25, 0.3) is 0 Å². The Balaban J connectivity index is 2.17. The molecule has 0 unspecified atom stereocenters. The number of anilines is 2. The minimum atomic E-state index is -1.32. The second-order valence-electron chi connectivity index (χ2n) is 5.67. The molecule has 2 aromatic rings. The second-order valence-corrected chi connectivity index (χ2v) is 6.52. The lowest BCUT2D eigenvalue weighted by Gasteiger charge is -2.23. The van der Waals surface area contributed by atoms with Crippen LogP contribution in [-0.4, -0.2) is 11.8 Å². The molecule has 0 aliphatic rings. The Morgan fingerprint density at radius 2 is 1.46 bits per heavy atom. The largest absolute Gasteiger partial charge is 0.324 e. The van der Waals surface area contributed by atoms with Gasteiger partial charge in [-0.05, 0) is 54.0 Å². The monoisotopic (exact) mass is 385 g/mol. The molecule has 0 bridgehead atoms. The molecular weight excluding hydrogens is 370 g/mol. The van der Waals surface area contributed by atoms with Crippen LogP contribution in [-0.2, 0) is 9.59 Å². The minimum absolute atomic E-state index is 0.341. The highest BCUT2D eigenvalue weighted by Gasteiger charge is 2.36. The summed E-state index contributed by atoms with van der Waals surface area (Å²) in [4.78, 5) is 25.0. The number of amides is 2. The molecule has 0 aliphatic heterocycles. The number of halogens is 1. The first kappa shape index (κ1) is 17.7. The molecule has 0 heterocycles. The Morgan fingerprint density at radius 1 is 0.958 bits per heavy atom. The van der Waals surface area contributed by atoms with Gasteiger partial charge in [0.15, 0.2) is 0 Å². The van der Waals surface area contributed by atoms with Crippen LogP contribution in [0.2, 0.25) is 0 Å². The van der Waals surface area contributed by atoms with Crippen molar-refractivity contribution in [3.63, 3.8) is 0 Å². The molecule has 0 aromatic heterocycles. The third-order valence-corrected chi connectivity index (χ3v) is 4.24. The molecule has 2 N–H and O–H groups in total. The molecule has 122 valence electrons. The van der Waals surface area contributed by atoms with Crippen LogP contribution >= 0.6 is 15.9 Å². The molecule has 0 fully saturated rings. The second kappa shape index (κ2) is 7.28. The number of para-hydroxylation sites is 2. The Kier molecular flexibility index (Phi) is 5.37. The summed E-state index contributed by atoms with van der Waals surface area (Å²) in [5, 5.41) is 14.5. The molecule has 0 atom stereocenters. The van der Waals surface area contributed by atoms with Gasteiger partial charge in [-0.2, -0.15) is 5.26 Å². The SMILES string of the molecule is CC(C)(C(=O)Nc1ccccc1Br)C(=O)Nc1ccccc1C#N. The summed E-state index contributed by atoms with van der Waals surface area (Å²) in [5.74, 6) is -0.934. The van der Waals surface area contributed by atoms with E-state index in [1.807, 2.05) is 12.1 Å². The van der Waals surface area contributed by atoms with Gasteiger partial charge < -0.3 is 10.6 Å². The molecule has 2 amide bonds. The summed E-state index contributed by atoms with van der Waals surface area (Å²) in [6, 6.07) is 15.8. The number of nitrogens with zero attached hydrogens (tertiary/aromatic N) is 1. The van der Waals surface area contributed by atoms with E-state index >= 15 is 0 Å². The summed E-state index contributed by atoms with van der Waals surface area (Å²) in [6.45, 7) is 3.06. The summed E-state index contributed by atoms with van der Waals surface area (Å²) in [5.41, 5.74) is -0.0156. The summed E-state index contributed by atoms with van der Waals surface area (Å²) >= 11 is 3.35. The van der Waals surface area contributed by atoms with Crippen LogP contribution < -0.4 is 10.6 Å². The first-order chi connectivity index (χ1) is 11.4. The van der Waals surface area contributed by atoms with Crippen LogP contribution in [0.15, 0.2) is 53.0 Å². The Hall–Kier alpha value is -2.65. The fourth-order valence-corrected chi connectivity index (χ4v) is 2.30. The van der Waals surface area contributed by atoms with E-state index in [0.29, 0.717) is 16.9 Å². The number of rotatable bonds is 4. The van der Waals surface area contributed by atoms with Crippen LogP contribution in [0.25, 0.3) is 0 Å². The predicted octanol–water partition coefficient (Wildman–Crippen LogP) is 3.92. The molecule has 0 radical (unpaired) electrons. The maximum atomic E-state index is 12.5. The average molecular weight is 386 g/mol. The number of hydrogen-bond donors (Lipinski definition) is 2. The summed E-state index contributed by atoms with van der Waals surface area (Å²) in [6.07, 6.45) is 0. The first-order valence-corrected chi connectivity index (χ1v) is 8.02. The first-order valence-electron chi connectivity index (χ1n) is 7.23. The van der Waals surface area contributed by atoms with E-state index in [4.69, 9.17) is 5.26 Å². The van der Waals surface area contributed by atoms with E-state index in [1.165, 1.54) is 13.8 Å². The molecule has 6 heteroatoms. The van der Waals surface area contributed by atoms with Gasteiger partial charge >= 0.3 is 0 Å². The van der Waals surface area contributed by atoms with Crippen molar-refractivity contribution in [1.29, 1.82) is 5.26 Å². The van der Waals surface area contributed by atoms with E-state index in [1.54, 1.807) is 42.5 Å². The number of carbonyl (C=O) groups excluding carboxylic acids is 2. The molecule has 0 spiro atoms. The highest BCUT2D eigenvalue weighted by atomic mass is 79.9. The molecule has 2 aromatic carbocycles. The van der Waals surface area contributed by atoms with Gasteiger partial charge in [0.1, 0.15) is 11.5 Å². The smallest absolute Gasteiger partial charge is 0.239 e. The van der Waals surface area contributed by atoms with E-state index in [-0.39, 0.29) is 0 Å². The standard InChI is InChI=1S/C18H16BrN3O2/c1-18(2,17(24)22-15-10-6-4-8-13(15)19)16(23)21-14-9-5-3-7-12(14)11-20/h3-10H,1-2H3,(H,21,23)(H,22,24). The van der Waals surface area contributed by atoms with Crippen LogP contribution in [0, 0.1) is 16.7 Å². The van der Waals surface area contributed by atoms with Crippen molar-refractivity contribution in [3.8, 4) is 6.07 Å².